The topological polar surface area (TPSA) is 118 Å². The van der Waals surface area contributed by atoms with Crippen LogP contribution in [0.5, 0.6) is 0 Å². The van der Waals surface area contributed by atoms with Crippen molar-refractivity contribution in [2.75, 3.05) is 13.1 Å². The fourth-order valence-corrected chi connectivity index (χ4v) is 4.81. The van der Waals surface area contributed by atoms with Crippen LogP contribution < -0.4 is 10.6 Å². The monoisotopic (exact) mass is 395 g/mol. The number of benzene rings is 1. The zero-order valence-electron chi connectivity index (χ0n) is 14.3. The molecule has 2 fully saturated rings. The van der Waals surface area contributed by atoms with E-state index in [1.54, 1.807) is 12.1 Å². The Morgan fingerprint density at radius 1 is 1.15 bits per heavy atom. The third-order valence-corrected chi connectivity index (χ3v) is 6.15. The average Bonchev–Trinajstić information content (AvgIpc) is 3.04. The van der Waals surface area contributed by atoms with Crippen LogP contribution >= 0.6 is 0 Å². The van der Waals surface area contributed by atoms with Gasteiger partial charge in [-0.25, -0.2) is 0 Å². The molecule has 8 nitrogen and oxygen atoms in total. The van der Waals surface area contributed by atoms with Gasteiger partial charge in [0.2, 0.25) is 11.8 Å². The fraction of sp³-hybridized carbons (Fsp3) is 0.471. The first-order chi connectivity index (χ1) is 12.9. The van der Waals surface area contributed by atoms with E-state index in [2.05, 4.69) is 15.8 Å². The summed E-state index contributed by atoms with van der Waals surface area (Å²) in [6.07, 6.45) is 1.75. The van der Waals surface area contributed by atoms with Gasteiger partial charge in [-0.15, -0.1) is 3.89 Å². The Kier molecular flexibility index (Phi) is 4.47. The lowest BCUT2D eigenvalue weighted by molar-refractivity contribution is -0.134. The first-order valence-electron chi connectivity index (χ1n) is 8.77. The van der Waals surface area contributed by atoms with Gasteiger partial charge in [-0.3, -0.25) is 14.9 Å². The van der Waals surface area contributed by atoms with Gasteiger partial charge in [0.15, 0.2) is 5.58 Å². The molecular formula is C17H18FN3O5S. The van der Waals surface area contributed by atoms with Gasteiger partial charge in [0.1, 0.15) is 10.6 Å². The lowest BCUT2D eigenvalue weighted by Crippen LogP contribution is -2.39. The van der Waals surface area contributed by atoms with Gasteiger partial charge >= 0.3 is 10.2 Å². The zero-order chi connectivity index (χ0) is 19.2. The Hall–Kier alpha value is -2.33. The molecule has 1 unspecified atom stereocenters. The molecule has 144 valence electrons. The van der Waals surface area contributed by atoms with Gasteiger partial charge in [0.05, 0.1) is 5.92 Å². The molecule has 2 aromatic rings. The number of carbonyl (C=O) groups excluding carboxylic acids is 2. The quantitative estimate of drug-likeness (QED) is 0.597. The van der Waals surface area contributed by atoms with E-state index in [1.807, 2.05) is 0 Å². The first kappa shape index (κ1) is 18.1. The fourth-order valence-electron chi connectivity index (χ4n) is 3.93. The number of amides is 2. The molecule has 0 spiro atoms. The van der Waals surface area contributed by atoms with Crippen LogP contribution in [-0.4, -0.2) is 38.5 Å². The maximum Gasteiger partial charge on any atom is 0.336 e. The standard InChI is InChI=1S/C17H18FN3O5S/c18-27(24,25)16-10(9-5-7-19-8-6-9)1-2-11-14(21-26-15(11)16)12-3-4-13(22)20-17(12)23/h1-2,9,12,19H,3-8H2,(H,20,22,23). The molecule has 2 saturated heterocycles. The summed E-state index contributed by atoms with van der Waals surface area (Å²) in [5.41, 5.74) is 0.419. The molecule has 1 aromatic carbocycles. The van der Waals surface area contributed by atoms with Crippen LogP contribution in [0.15, 0.2) is 21.6 Å². The molecular weight excluding hydrogens is 377 g/mol. The van der Waals surface area contributed by atoms with Gasteiger partial charge < -0.3 is 9.84 Å². The van der Waals surface area contributed by atoms with E-state index >= 15 is 0 Å². The smallest absolute Gasteiger partial charge is 0.336 e. The first-order valence-corrected chi connectivity index (χ1v) is 10.2. The van der Waals surface area contributed by atoms with E-state index in [1.165, 1.54) is 0 Å². The number of halogens is 1. The zero-order valence-corrected chi connectivity index (χ0v) is 15.1. The summed E-state index contributed by atoms with van der Waals surface area (Å²) in [4.78, 5) is 23.0. The molecule has 0 radical (unpaired) electrons. The average molecular weight is 395 g/mol. The maximum absolute atomic E-state index is 14.2. The van der Waals surface area contributed by atoms with Gasteiger partial charge in [-0.2, -0.15) is 8.42 Å². The van der Waals surface area contributed by atoms with Crippen molar-refractivity contribution in [1.29, 1.82) is 0 Å². The Balaban J connectivity index is 1.85. The number of imide groups is 1. The number of piperidine rings is 2. The molecule has 2 aliphatic heterocycles. The number of aromatic nitrogens is 1. The highest BCUT2D eigenvalue weighted by Crippen LogP contribution is 2.39. The molecule has 2 aliphatic rings. The second-order valence-corrected chi connectivity index (χ2v) is 8.18. The normalized spacial score (nSPS) is 22.2. The van der Waals surface area contributed by atoms with Crippen LogP contribution in [0.2, 0.25) is 0 Å². The summed E-state index contributed by atoms with van der Waals surface area (Å²) in [5, 5.41) is 9.56. The molecule has 1 atom stereocenters. The van der Waals surface area contributed by atoms with Crippen LogP contribution in [-0.2, 0) is 19.8 Å². The van der Waals surface area contributed by atoms with Gasteiger partial charge in [0.25, 0.3) is 0 Å². The largest absolute Gasteiger partial charge is 0.354 e. The Morgan fingerprint density at radius 3 is 2.56 bits per heavy atom. The van der Waals surface area contributed by atoms with Crippen molar-refractivity contribution in [3.05, 3.63) is 23.4 Å². The molecule has 0 bridgehead atoms. The highest BCUT2D eigenvalue weighted by molar-refractivity contribution is 7.86. The van der Waals surface area contributed by atoms with Crippen LogP contribution in [0.25, 0.3) is 11.0 Å². The third-order valence-electron chi connectivity index (χ3n) is 5.25. The van der Waals surface area contributed by atoms with Crippen molar-refractivity contribution >= 4 is 33.0 Å². The molecule has 1 aromatic heterocycles. The summed E-state index contributed by atoms with van der Waals surface area (Å²) in [5.74, 6) is -1.75. The molecule has 0 aliphatic carbocycles. The minimum Gasteiger partial charge on any atom is -0.354 e. The minimum atomic E-state index is -5.06. The summed E-state index contributed by atoms with van der Waals surface area (Å²) < 4.78 is 43.2. The lowest BCUT2D eigenvalue weighted by Gasteiger charge is -2.24. The molecule has 2 N–H and O–H groups in total. The Morgan fingerprint density at radius 2 is 1.89 bits per heavy atom. The van der Waals surface area contributed by atoms with E-state index < -0.39 is 26.9 Å². The highest BCUT2D eigenvalue weighted by atomic mass is 32.3. The van der Waals surface area contributed by atoms with Crippen LogP contribution in [0.1, 0.15) is 48.8 Å². The SMILES string of the molecule is O=C1CCC(c2noc3c(S(=O)(=O)F)c(C4CCNCC4)ccc23)C(=O)N1. The van der Waals surface area contributed by atoms with E-state index in [-0.39, 0.29) is 41.3 Å². The molecule has 3 heterocycles. The molecule has 27 heavy (non-hydrogen) atoms. The van der Waals surface area contributed by atoms with Crippen molar-refractivity contribution in [1.82, 2.24) is 15.8 Å². The number of carbonyl (C=O) groups is 2. The number of hydrogen-bond acceptors (Lipinski definition) is 7. The maximum atomic E-state index is 14.2. The van der Waals surface area contributed by atoms with Crippen molar-refractivity contribution in [2.45, 2.75) is 42.4 Å². The summed E-state index contributed by atoms with van der Waals surface area (Å²) in [6.45, 7) is 1.43. The van der Waals surface area contributed by atoms with Crippen molar-refractivity contribution in [3.63, 3.8) is 0 Å². The van der Waals surface area contributed by atoms with E-state index in [9.17, 15) is 21.9 Å². The van der Waals surface area contributed by atoms with Gasteiger partial charge in [-0.05, 0) is 49.9 Å². The second-order valence-electron chi connectivity index (χ2n) is 6.89. The Bertz CT molecular complexity index is 1030. The molecule has 2 amide bonds. The van der Waals surface area contributed by atoms with Crippen LogP contribution in [0.3, 0.4) is 0 Å². The lowest BCUT2D eigenvalue weighted by atomic mass is 9.88. The minimum absolute atomic E-state index is 0.111. The predicted molar refractivity (Wildman–Crippen MR) is 92.3 cm³/mol. The molecule has 4 rings (SSSR count). The summed E-state index contributed by atoms with van der Waals surface area (Å²) in [6, 6.07) is 3.20. The predicted octanol–water partition coefficient (Wildman–Crippen LogP) is 1.47. The number of fused-ring (bicyclic) bond motifs is 1. The van der Waals surface area contributed by atoms with E-state index in [0.717, 1.165) is 0 Å². The van der Waals surface area contributed by atoms with Gasteiger partial charge in [-0.1, -0.05) is 11.2 Å². The van der Waals surface area contributed by atoms with Crippen LogP contribution in [0, 0.1) is 0 Å². The third kappa shape index (κ3) is 3.23. The van der Waals surface area contributed by atoms with Gasteiger partial charge in [0, 0.05) is 11.8 Å². The van der Waals surface area contributed by atoms with E-state index in [0.29, 0.717) is 31.5 Å². The van der Waals surface area contributed by atoms with Crippen LogP contribution in [0.4, 0.5) is 3.89 Å². The van der Waals surface area contributed by atoms with E-state index in [4.69, 9.17) is 4.52 Å². The second kappa shape index (κ2) is 6.68. The molecule has 10 heteroatoms. The number of hydrogen-bond donors (Lipinski definition) is 2. The van der Waals surface area contributed by atoms with Crippen molar-refractivity contribution in [2.24, 2.45) is 0 Å². The molecule has 0 saturated carbocycles. The number of nitrogens with one attached hydrogen (secondary N) is 2. The number of nitrogens with zero attached hydrogens (tertiary/aromatic N) is 1. The number of rotatable bonds is 3. The summed E-state index contributed by atoms with van der Waals surface area (Å²) >= 11 is 0. The van der Waals surface area contributed by atoms with Crippen molar-refractivity contribution < 1.29 is 26.4 Å². The van der Waals surface area contributed by atoms with Crippen molar-refractivity contribution in [3.8, 4) is 0 Å². The highest BCUT2D eigenvalue weighted by Gasteiger charge is 2.35. The Labute approximate surface area is 154 Å². The summed E-state index contributed by atoms with van der Waals surface area (Å²) in [7, 11) is -5.06.